The van der Waals surface area contributed by atoms with Gasteiger partial charge in [-0.1, -0.05) is 32.9 Å². The second-order valence-electron chi connectivity index (χ2n) is 16.5. The van der Waals surface area contributed by atoms with Crippen LogP contribution in [-0.4, -0.2) is 163 Å². The number of likely N-dealkylation sites (N-methyl/N-ethyl adjacent to an activating group) is 1. The van der Waals surface area contributed by atoms with Crippen LogP contribution in [0.25, 0.3) is 0 Å². The molecule has 0 aromatic rings. The van der Waals surface area contributed by atoms with E-state index in [0.717, 1.165) is 0 Å². The normalized spacial score (nSPS) is 47.0. The topological polar surface area (TPSA) is 214 Å². The minimum absolute atomic E-state index is 0.0456. The van der Waals surface area contributed by atoms with E-state index in [4.69, 9.17) is 42.7 Å². The van der Waals surface area contributed by atoms with Gasteiger partial charge in [0.1, 0.15) is 30.0 Å². The zero-order valence-corrected chi connectivity index (χ0v) is 34.5. The van der Waals surface area contributed by atoms with E-state index in [0.29, 0.717) is 13.0 Å². The van der Waals surface area contributed by atoms with Gasteiger partial charge in [0.2, 0.25) is 6.61 Å². The third-order valence-corrected chi connectivity index (χ3v) is 12.3. The first-order valence-electron chi connectivity index (χ1n) is 19.4. The minimum Gasteiger partial charge on any atom is -0.479 e. The number of aliphatic hydroxyl groups excluding tert-OH is 2. The SMILES string of the molecule is CCC1OC(=O)[C@H](C)C(OC2CC(C)(OC)C(O)C(C)O2)C(C)C2OC3OCCC(N(C)C)C3O[C@@]2(OC)CC(C)/C(=N\OCC(=O)O)[C@H](C)[C@@H](O)[C@]1(C)O. The van der Waals surface area contributed by atoms with E-state index in [1.807, 2.05) is 32.8 Å². The first-order valence-corrected chi connectivity index (χ1v) is 19.4. The Hall–Kier alpha value is -2.03. The predicted molar refractivity (Wildman–Crippen MR) is 196 cm³/mol. The molecule has 0 aromatic heterocycles. The molecule has 12 unspecified atom stereocenters. The van der Waals surface area contributed by atoms with Crippen molar-refractivity contribution in [1.82, 2.24) is 4.90 Å². The number of esters is 1. The fourth-order valence-electron chi connectivity index (χ4n) is 8.84. The van der Waals surface area contributed by atoms with Crippen molar-refractivity contribution in [2.75, 3.05) is 41.5 Å². The molecule has 17 atom stereocenters. The summed E-state index contributed by atoms with van der Waals surface area (Å²) in [5, 5.41) is 48.3. The van der Waals surface area contributed by atoms with Gasteiger partial charge in [0.05, 0.1) is 42.1 Å². The van der Waals surface area contributed by atoms with E-state index in [9.17, 15) is 30.0 Å². The molecular formula is C38H66N2O15. The highest BCUT2D eigenvalue weighted by molar-refractivity contribution is 5.89. The molecule has 0 saturated carbocycles. The summed E-state index contributed by atoms with van der Waals surface area (Å²) in [7, 11) is 6.88. The number of carboxylic acids is 1. The van der Waals surface area contributed by atoms with Crippen LogP contribution in [0.3, 0.4) is 0 Å². The highest BCUT2D eigenvalue weighted by Crippen LogP contribution is 2.46. The Kier molecular flexibility index (Phi) is 15.2. The van der Waals surface area contributed by atoms with E-state index < -0.39 is 115 Å². The van der Waals surface area contributed by atoms with Crippen LogP contribution in [-0.2, 0) is 52.3 Å². The van der Waals surface area contributed by atoms with Crippen molar-refractivity contribution in [2.24, 2.45) is 28.8 Å². The largest absolute Gasteiger partial charge is 0.479 e. The van der Waals surface area contributed by atoms with Crippen molar-refractivity contribution in [3.8, 4) is 0 Å². The fraction of sp³-hybridized carbons (Fsp3) is 0.921. The Labute approximate surface area is 324 Å². The summed E-state index contributed by atoms with van der Waals surface area (Å²) < 4.78 is 51.2. The molecule has 0 bridgehead atoms. The first kappa shape index (κ1) is 45.7. The van der Waals surface area contributed by atoms with Crippen LogP contribution in [0.2, 0.25) is 0 Å². The molecule has 0 aliphatic carbocycles. The number of carboxylic acid groups (broad SMARTS) is 1. The lowest BCUT2D eigenvalue weighted by Gasteiger charge is -2.56. The van der Waals surface area contributed by atoms with Gasteiger partial charge in [-0.2, -0.15) is 0 Å². The number of methoxy groups -OCH3 is 2. The number of fused-ring (bicyclic) bond motifs is 2. The van der Waals surface area contributed by atoms with E-state index >= 15 is 0 Å². The number of hydrogen-bond donors (Lipinski definition) is 4. The lowest BCUT2D eigenvalue weighted by atomic mass is 9.75. The number of carbonyl (C=O) groups excluding carboxylic acids is 1. The van der Waals surface area contributed by atoms with Crippen LogP contribution in [0.4, 0.5) is 0 Å². The molecule has 4 heterocycles. The predicted octanol–water partition coefficient (Wildman–Crippen LogP) is 1.91. The molecule has 4 N–H and O–H groups in total. The first-order chi connectivity index (χ1) is 25.7. The number of cyclic esters (lactones) is 1. The average molecular weight is 791 g/mol. The van der Waals surface area contributed by atoms with Crippen molar-refractivity contribution < 1.29 is 72.7 Å². The Morgan fingerprint density at radius 2 is 1.67 bits per heavy atom. The second-order valence-corrected chi connectivity index (χ2v) is 16.5. The zero-order chi connectivity index (χ0) is 41.2. The maximum atomic E-state index is 14.3. The number of ether oxygens (including phenoxy) is 8. The molecule has 4 saturated heterocycles. The highest BCUT2D eigenvalue weighted by atomic mass is 16.8. The number of hydrogen-bond acceptors (Lipinski definition) is 16. The van der Waals surface area contributed by atoms with E-state index in [1.54, 1.807) is 34.6 Å². The monoisotopic (exact) mass is 790 g/mol. The molecule has 17 heteroatoms. The molecule has 55 heavy (non-hydrogen) atoms. The molecule has 4 fully saturated rings. The van der Waals surface area contributed by atoms with Crippen LogP contribution in [0, 0.1) is 23.7 Å². The lowest BCUT2D eigenvalue weighted by molar-refractivity contribution is -0.424. The summed E-state index contributed by atoms with van der Waals surface area (Å²) >= 11 is 0. The molecule has 0 spiro atoms. The molecule has 17 nitrogen and oxygen atoms in total. The molecule has 4 rings (SSSR count). The Bertz CT molecular complexity index is 1330. The van der Waals surface area contributed by atoms with Crippen molar-refractivity contribution in [3.05, 3.63) is 0 Å². The summed E-state index contributed by atoms with van der Waals surface area (Å²) in [6, 6.07) is -0.129. The van der Waals surface area contributed by atoms with Crippen LogP contribution >= 0.6 is 0 Å². The van der Waals surface area contributed by atoms with E-state index in [1.165, 1.54) is 21.1 Å². The van der Waals surface area contributed by atoms with E-state index in [-0.39, 0.29) is 31.0 Å². The standard InChI is InChI=1S/C38H66N2O15/c1-13-25-37(8,46)31(43)20(3)28(39-50-18-26(41)42)19(2)16-38(48-12)33(54-35-30(55-38)24(40(9)10)14-15-49-35)21(4)29(22(5)34(45)52-25)53-27-17-36(7,47-11)32(44)23(6)51-27/h19-25,27,29-33,35,43-44,46H,13-18H2,1-12H3,(H,41,42)/b39-28+/t19?,20-,21?,22+,23?,24?,25?,27?,29?,30?,31+,32?,33?,35?,36?,37+,38-/m0/s1. The molecule has 318 valence electrons. The number of rotatable bonds is 9. The summed E-state index contributed by atoms with van der Waals surface area (Å²) in [5.41, 5.74) is -2.82. The second kappa shape index (κ2) is 18.3. The lowest BCUT2D eigenvalue weighted by Crippen LogP contribution is -2.69. The molecular weight excluding hydrogens is 724 g/mol. The smallest absolute Gasteiger partial charge is 0.344 e. The Morgan fingerprint density at radius 3 is 2.25 bits per heavy atom. The number of aliphatic hydroxyl groups is 3. The molecule has 4 aliphatic rings. The number of oxime groups is 1. The number of carbonyl (C=O) groups is 2. The van der Waals surface area contributed by atoms with Crippen molar-refractivity contribution in [2.45, 2.75) is 159 Å². The van der Waals surface area contributed by atoms with E-state index in [2.05, 4.69) is 5.16 Å². The van der Waals surface area contributed by atoms with Crippen LogP contribution in [0.15, 0.2) is 5.16 Å². The molecule has 4 aliphatic heterocycles. The maximum absolute atomic E-state index is 14.3. The zero-order valence-electron chi connectivity index (χ0n) is 34.5. The Balaban J connectivity index is 1.91. The summed E-state index contributed by atoms with van der Waals surface area (Å²) in [5.74, 6) is -6.84. The van der Waals surface area contributed by atoms with Crippen molar-refractivity contribution in [1.29, 1.82) is 0 Å². The van der Waals surface area contributed by atoms with Gasteiger partial charge in [-0.25, -0.2) is 4.79 Å². The van der Waals surface area contributed by atoms with Gasteiger partial charge in [-0.05, 0) is 54.6 Å². The third kappa shape index (κ3) is 9.48. The molecule has 0 aromatic carbocycles. The van der Waals surface area contributed by atoms with Gasteiger partial charge in [-0.15, -0.1) is 0 Å². The summed E-state index contributed by atoms with van der Waals surface area (Å²) in [6.45, 7) is 13.2. The quantitative estimate of drug-likeness (QED) is 0.194. The van der Waals surface area contributed by atoms with Gasteiger partial charge < -0.3 is 68.1 Å². The van der Waals surface area contributed by atoms with Crippen LogP contribution in [0.5, 0.6) is 0 Å². The van der Waals surface area contributed by atoms with Crippen LogP contribution in [0.1, 0.15) is 81.1 Å². The minimum atomic E-state index is -2.00. The highest BCUT2D eigenvalue weighted by Gasteiger charge is 2.60. The van der Waals surface area contributed by atoms with Gasteiger partial charge in [0, 0.05) is 50.9 Å². The number of aliphatic carboxylic acids is 1. The average Bonchev–Trinajstić information content (AvgIpc) is 3.14. The van der Waals surface area contributed by atoms with Gasteiger partial charge in [0.25, 0.3) is 0 Å². The maximum Gasteiger partial charge on any atom is 0.344 e. The number of nitrogens with zero attached hydrogens (tertiary/aromatic N) is 2. The third-order valence-electron chi connectivity index (χ3n) is 12.3. The van der Waals surface area contributed by atoms with Gasteiger partial charge in [-0.3, -0.25) is 4.79 Å². The Morgan fingerprint density at radius 1 is 1.00 bits per heavy atom. The van der Waals surface area contributed by atoms with Crippen LogP contribution < -0.4 is 0 Å². The van der Waals surface area contributed by atoms with Crippen molar-refractivity contribution >= 4 is 17.7 Å². The van der Waals surface area contributed by atoms with Gasteiger partial charge >= 0.3 is 11.9 Å². The summed E-state index contributed by atoms with van der Waals surface area (Å²) in [4.78, 5) is 33.0. The van der Waals surface area contributed by atoms with Gasteiger partial charge in [0.15, 0.2) is 18.4 Å². The molecule has 0 radical (unpaired) electrons. The molecule has 0 amide bonds. The summed E-state index contributed by atoms with van der Waals surface area (Å²) in [6.07, 6.45) is -7.80. The van der Waals surface area contributed by atoms with Crippen molar-refractivity contribution in [3.63, 3.8) is 0 Å². The fourth-order valence-corrected chi connectivity index (χ4v) is 8.84.